The van der Waals surface area contributed by atoms with E-state index in [1.807, 2.05) is 42.8 Å². The molecular weight excluding hydrogens is 352 g/mol. The van der Waals surface area contributed by atoms with Crippen molar-refractivity contribution in [1.29, 1.82) is 0 Å². The highest BCUT2D eigenvalue weighted by Crippen LogP contribution is 2.17. The molecule has 106 valence electrons. The molecule has 3 heterocycles. The van der Waals surface area contributed by atoms with Crippen LogP contribution in [0, 0.1) is 6.92 Å². The van der Waals surface area contributed by atoms with Crippen molar-refractivity contribution in [3.05, 3.63) is 56.6 Å². The Morgan fingerprint density at radius 1 is 1.52 bits per heavy atom. The number of carbonyl (C=O) groups is 1. The number of rotatable bonds is 3. The summed E-state index contributed by atoms with van der Waals surface area (Å²) in [6.07, 6.45) is 3.43. The summed E-state index contributed by atoms with van der Waals surface area (Å²) in [5, 5.41) is 5.94. The van der Waals surface area contributed by atoms with Crippen LogP contribution < -0.4 is 5.43 Å². The first kappa shape index (κ1) is 14.0. The average Bonchev–Trinajstić information content (AvgIpc) is 3.01. The Balaban J connectivity index is 1.81. The van der Waals surface area contributed by atoms with Crippen LogP contribution in [0.15, 0.2) is 45.4 Å². The molecule has 0 bridgehead atoms. The molecule has 0 atom stereocenters. The lowest BCUT2D eigenvalue weighted by Crippen LogP contribution is -2.20. The number of hydrogen-bond donors (Lipinski definition) is 1. The van der Waals surface area contributed by atoms with Gasteiger partial charge in [-0.15, -0.1) is 11.3 Å². The van der Waals surface area contributed by atoms with Crippen molar-refractivity contribution in [2.24, 2.45) is 5.10 Å². The van der Waals surface area contributed by atoms with Gasteiger partial charge in [-0.25, -0.2) is 10.4 Å². The van der Waals surface area contributed by atoms with Gasteiger partial charge in [-0.3, -0.25) is 9.20 Å². The fraction of sp³-hybridized carbons (Fsp3) is 0.0714. The van der Waals surface area contributed by atoms with E-state index >= 15 is 0 Å². The minimum atomic E-state index is -0.280. The zero-order valence-electron chi connectivity index (χ0n) is 11.1. The molecule has 1 amide bonds. The smallest absolute Gasteiger partial charge is 0.290 e. The molecule has 0 aliphatic rings. The normalized spacial score (nSPS) is 11.3. The van der Waals surface area contributed by atoms with E-state index in [1.165, 1.54) is 11.3 Å². The summed E-state index contributed by atoms with van der Waals surface area (Å²) in [5.41, 5.74) is 4.45. The zero-order chi connectivity index (χ0) is 14.8. The second-order valence-corrected chi connectivity index (χ2v) is 6.20. The number of carbonyl (C=O) groups excluding carboxylic acids is 1. The van der Waals surface area contributed by atoms with Gasteiger partial charge in [-0.1, -0.05) is 6.07 Å². The van der Waals surface area contributed by atoms with Gasteiger partial charge < -0.3 is 0 Å². The first-order chi connectivity index (χ1) is 10.1. The van der Waals surface area contributed by atoms with Crippen LogP contribution in [0.1, 0.15) is 21.1 Å². The first-order valence-corrected chi connectivity index (χ1v) is 7.83. The van der Waals surface area contributed by atoms with Gasteiger partial charge in [0.25, 0.3) is 5.91 Å². The second kappa shape index (κ2) is 5.79. The number of aromatic nitrogens is 2. The number of nitrogens with one attached hydrogen (secondary N) is 1. The Morgan fingerprint density at radius 2 is 2.38 bits per heavy atom. The summed E-state index contributed by atoms with van der Waals surface area (Å²) in [4.78, 5) is 17.5. The summed E-state index contributed by atoms with van der Waals surface area (Å²) in [7, 11) is 0. The van der Waals surface area contributed by atoms with Gasteiger partial charge in [-0.05, 0) is 41.1 Å². The Labute approximate surface area is 133 Å². The molecule has 0 spiro atoms. The Hall–Kier alpha value is -1.99. The lowest BCUT2D eigenvalue weighted by molar-refractivity contribution is 0.0948. The van der Waals surface area contributed by atoms with Crippen LogP contribution in [0.4, 0.5) is 0 Å². The number of thiophene rings is 1. The molecule has 0 fully saturated rings. The third-order valence-electron chi connectivity index (χ3n) is 2.86. The standard InChI is InChI=1S/C14H11BrN4OS/c1-9-13(19-5-3-2-4-12(19)17-9)14(20)18-16-7-11-6-10(15)8-21-11/h2-8H,1H3,(H,18,20)/b16-7-. The van der Waals surface area contributed by atoms with E-state index in [9.17, 15) is 4.79 Å². The largest absolute Gasteiger partial charge is 0.295 e. The number of nitrogens with zero attached hydrogens (tertiary/aromatic N) is 3. The summed E-state index contributed by atoms with van der Waals surface area (Å²) in [6.45, 7) is 1.81. The molecule has 0 saturated heterocycles. The quantitative estimate of drug-likeness (QED) is 0.574. The highest BCUT2D eigenvalue weighted by molar-refractivity contribution is 9.10. The molecule has 0 aliphatic carbocycles. The van der Waals surface area contributed by atoms with Crippen LogP contribution in [0.25, 0.3) is 5.65 Å². The van der Waals surface area contributed by atoms with E-state index in [4.69, 9.17) is 0 Å². The molecule has 1 N–H and O–H groups in total. The summed E-state index contributed by atoms with van der Waals surface area (Å²) in [5.74, 6) is -0.280. The van der Waals surface area contributed by atoms with Gasteiger partial charge in [0, 0.05) is 20.9 Å². The molecular formula is C14H11BrN4OS. The number of hydrogen-bond acceptors (Lipinski definition) is 4. The average molecular weight is 363 g/mol. The molecule has 3 aromatic rings. The maximum Gasteiger partial charge on any atom is 0.290 e. The van der Waals surface area contributed by atoms with Crippen molar-refractivity contribution in [1.82, 2.24) is 14.8 Å². The Kier molecular flexibility index (Phi) is 3.85. The van der Waals surface area contributed by atoms with Crippen LogP contribution in [-0.2, 0) is 0 Å². The monoisotopic (exact) mass is 362 g/mol. The van der Waals surface area contributed by atoms with Crippen molar-refractivity contribution in [2.45, 2.75) is 6.92 Å². The van der Waals surface area contributed by atoms with Gasteiger partial charge in [0.1, 0.15) is 11.3 Å². The predicted molar refractivity (Wildman–Crippen MR) is 87.0 cm³/mol. The lowest BCUT2D eigenvalue weighted by atomic mass is 10.3. The van der Waals surface area contributed by atoms with E-state index < -0.39 is 0 Å². The van der Waals surface area contributed by atoms with Crippen molar-refractivity contribution in [3.8, 4) is 0 Å². The van der Waals surface area contributed by atoms with Crippen LogP contribution in [0.2, 0.25) is 0 Å². The molecule has 0 saturated carbocycles. The van der Waals surface area contributed by atoms with E-state index in [1.54, 1.807) is 10.6 Å². The van der Waals surface area contributed by atoms with Gasteiger partial charge in [0.05, 0.1) is 11.9 Å². The summed E-state index contributed by atoms with van der Waals surface area (Å²) >= 11 is 4.91. The molecule has 7 heteroatoms. The lowest BCUT2D eigenvalue weighted by Gasteiger charge is -2.00. The SMILES string of the molecule is Cc1nc2ccccn2c1C(=O)N/N=C\c1cc(Br)cs1. The molecule has 5 nitrogen and oxygen atoms in total. The number of fused-ring (bicyclic) bond motifs is 1. The van der Waals surface area contributed by atoms with Crippen LogP contribution >= 0.6 is 27.3 Å². The van der Waals surface area contributed by atoms with Crippen LogP contribution in [-0.4, -0.2) is 21.5 Å². The number of imidazole rings is 1. The van der Waals surface area contributed by atoms with Crippen LogP contribution in [0.5, 0.6) is 0 Å². The molecule has 0 unspecified atom stereocenters. The minimum Gasteiger partial charge on any atom is -0.295 e. The number of amides is 1. The van der Waals surface area contributed by atoms with Gasteiger partial charge in [-0.2, -0.15) is 5.10 Å². The maximum atomic E-state index is 12.2. The van der Waals surface area contributed by atoms with Crippen molar-refractivity contribution >= 4 is 45.0 Å². The predicted octanol–water partition coefficient (Wildman–Crippen LogP) is 3.23. The zero-order valence-corrected chi connectivity index (χ0v) is 13.5. The molecule has 3 aromatic heterocycles. The Bertz CT molecular complexity index is 836. The Morgan fingerprint density at radius 3 is 3.14 bits per heavy atom. The fourth-order valence-corrected chi connectivity index (χ4v) is 3.29. The van der Waals surface area contributed by atoms with E-state index in [-0.39, 0.29) is 5.91 Å². The van der Waals surface area contributed by atoms with Crippen molar-refractivity contribution in [3.63, 3.8) is 0 Å². The fourth-order valence-electron chi connectivity index (χ4n) is 1.99. The highest BCUT2D eigenvalue weighted by atomic mass is 79.9. The van der Waals surface area contributed by atoms with Crippen molar-refractivity contribution in [2.75, 3.05) is 0 Å². The summed E-state index contributed by atoms with van der Waals surface area (Å²) in [6, 6.07) is 7.53. The number of aryl methyl sites for hydroxylation is 1. The van der Waals surface area contributed by atoms with E-state index in [0.717, 1.165) is 15.0 Å². The number of pyridine rings is 1. The number of halogens is 1. The van der Waals surface area contributed by atoms with Gasteiger partial charge in [0.15, 0.2) is 0 Å². The molecule has 21 heavy (non-hydrogen) atoms. The molecule has 3 rings (SSSR count). The van der Waals surface area contributed by atoms with Crippen molar-refractivity contribution < 1.29 is 4.79 Å². The molecule has 0 aromatic carbocycles. The van der Waals surface area contributed by atoms with Gasteiger partial charge >= 0.3 is 0 Å². The van der Waals surface area contributed by atoms with Crippen LogP contribution in [0.3, 0.4) is 0 Å². The minimum absolute atomic E-state index is 0.280. The topological polar surface area (TPSA) is 58.8 Å². The second-order valence-electron chi connectivity index (χ2n) is 4.34. The number of hydrazone groups is 1. The summed E-state index contributed by atoms with van der Waals surface area (Å²) < 4.78 is 2.75. The maximum absolute atomic E-state index is 12.2. The van der Waals surface area contributed by atoms with E-state index in [0.29, 0.717) is 11.4 Å². The molecule has 0 radical (unpaired) electrons. The molecule has 0 aliphatic heterocycles. The highest BCUT2D eigenvalue weighted by Gasteiger charge is 2.15. The third kappa shape index (κ3) is 2.88. The van der Waals surface area contributed by atoms with E-state index in [2.05, 4.69) is 31.4 Å². The first-order valence-electron chi connectivity index (χ1n) is 6.16. The van der Waals surface area contributed by atoms with Gasteiger partial charge in [0.2, 0.25) is 0 Å². The third-order valence-corrected chi connectivity index (χ3v) is 4.49.